The number of fused-ring (bicyclic) bond motifs is 1. The smallest absolute Gasteiger partial charge is 0.108 e. The molecule has 1 aliphatic heterocycles. The summed E-state index contributed by atoms with van der Waals surface area (Å²) >= 11 is 0. The van der Waals surface area contributed by atoms with Crippen LogP contribution >= 0.6 is 0 Å². The number of nitrogens with one attached hydrogen (secondary N) is 1. The summed E-state index contributed by atoms with van der Waals surface area (Å²) < 4.78 is 0. The summed E-state index contributed by atoms with van der Waals surface area (Å²) in [6.45, 7) is 4.30. The van der Waals surface area contributed by atoms with Crippen molar-refractivity contribution in [3.05, 3.63) is 0 Å². The Morgan fingerprint density at radius 1 is 1.26 bits per heavy atom. The van der Waals surface area contributed by atoms with E-state index in [1.54, 1.807) is 0 Å². The van der Waals surface area contributed by atoms with Crippen LogP contribution in [-0.2, 0) is 0 Å². The molecule has 3 heteroatoms. The Kier molecular flexibility index (Phi) is 3.82. The highest BCUT2D eigenvalue weighted by molar-refractivity contribution is 5.14. The molecule has 2 saturated carbocycles. The lowest BCUT2D eigenvalue weighted by atomic mass is 9.85. The van der Waals surface area contributed by atoms with E-state index in [0.717, 1.165) is 31.3 Å². The molecule has 3 fully saturated rings. The van der Waals surface area contributed by atoms with Crippen LogP contribution in [0, 0.1) is 17.2 Å². The Morgan fingerprint density at radius 2 is 2.11 bits per heavy atom. The summed E-state index contributed by atoms with van der Waals surface area (Å²) in [6, 6.07) is 4.07. The molecule has 1 N–H and O–H groups in total. The van der Waals surface area contributed by atoms with Gasteiger partial charge in [-0.3, -0.25) is 10.2 Å². The first-order valence-electron chi connectivity index (χ1n) is 8.20. The highest BCUT2D eigenvalue weighted by Crippen LogP contribution is 2.42. The lowest BCUT2D eigenvalue weighted by molar-refractivity contribution is 0.130. The molecule has 4 atom stereocenters. The van der Waals surface area contributed by atoms with Crippen molar-refractivity contribution in [2.45, 2.75) is 75.9 Å². The molecule has 3 nitrogen and oxygen atoms in total. The largest absolute Gasteiger partial charge is 0.300 e. The number of likely N-dealkylation sites (tertiary alicyclic amines) is 1. The molecular formula is C16H27N3. The van der Waals surface area contributed by atoms with Crippen LogP contribution in [0.15, 0.2) is 0 Å². The van der Waals surface area contributed by atoms with Crippen molar-refractivity contribution in [2.75, 3.05) is 13.1 Å². The van der Waals surface area contributed by atoms with Gasteiger partial charge in [0.25, 0.3) is 0 Å². The average Bonchev–Trinajstić information content (AvgIpc) is 3.03. The third kappa shape index (κ3) is 2.41. The fourth-order valence-electron chi connectivity index (χ4n) is 4.84. The van der Waals surface area contributed by atoms with Gasteiger partial charge < -0.3 is 0 Å². The fraction of sp³-hybridized carbons (Fsp3) is 0.938. The molecule has 1 heterocycles. The molecule has 19 heavy (non-hydrogen) atoms. The zero-order valence-corrected chi connectivity index (χ0v) is 12.2. The Bertz CT molecular complexity index is 361. The van der Waals surface area contributed by atoms with E-state index in [9.17, 15) is 5.26 Å². The zero-order valence-electron chi connectivity index (χ0n) is 12.2. The SMILES string of the molecule is CCNC1(C#N)CCC(N2CCC3CCCCC32)C1. The van der Waals surface area contributed by atoms with Gasteiger partial charge in [-0.1, -0.05) is 19.8 Å². The molecular weight excluding hydrogens is 234 g/mol. The van der Waals surface area contributed by atoms with Gasteiger partial charge >= 0.3 is 0 Å². The van der Waals surface area contributed by atoms with E-state index in [2.05, 4.69) is 23.2 Å². The normalized spacial score (nSPS) is 43.1. The topological polar surface area (TPSA) is 39.1 Å². The van der Waals surface area contributed by atoms with Crippen molar-refractivity contribution < 1.29 is 0 Å². The van der Waals surface area contributed by atoms with Crippen LogP contribution in [0.4, 0.5) is 0 Å². The minimum absolute atomic E-state index is 0.230. The third-order valence-corrected chi connectivity index (χ3v) is 5.74. The van der Waals surface area contributed by atoms with Gasteiger partial charge in [0.2, 0.25) is 0 Å². The standard InChI is InChI=1S/C16H27N3/c1-2-18-16(12-17)9-7-14(11-16)19-10-8-13-5-3-4-6-15(13)19/h13-15,18H,2-11H2,1H3. The van der Waals surface area contributed by atoms with Crippen LogP contribution < -0.4 is 5.32 Å². The van der Waals surface area contributed by atoms with Crippen LogP contribution in [0.3, 0.4) is 0 Å². The molecule has 0 spiro atoms. The first-order chi connectivity index (χ1) is 9.28. The molecule has 3 aliphatic rings. The van der Waals surface area contributed by atoms with Gasteiger partial charge in [0, 0.05) is 12.1 Å². The first-order valence-corrected chi connectivity index (χ1v) is 8.20. The van der Waals surface area contributed by atoms with E-state index in [1.165, 1.54) is 45.1 Å². The molecule has 0 aromatic rings. The second-order valence-corrected chi connectivity index (χ2v) is 6.76. The van der Waals surface area contributed by atoms with Crippen molar-refractivity contribution in [1.29, 1.82) is 5.26 Å². The molecule has 3 rings (SSSR count). The highest BCUT2D eigenvalue weighted by atomic mass is 15.2. The minimum atomic E-state index is -0.230. The maximum Gasteiger partial charge on any atom is 0.108 e. The van der Waals surface area contributed by atoms with Gasteiger partial charge in [0.15, 0.2) is 0 Å². The van der Waals surface area contributed by atoms with Crippen LogP contribution in [0.25, 0.3) is 0 Å². The Labute approximate surface area is 117 Å². The first kappa shape index (κ1) is 13.4. The second kappa shape index (κ2) is 5.42. The highest BCUT2D eigenvalue weighted by Gasteiger charge is 2.46. The Hall–Kier alpha value is -0.590. The lowest BCUT2D eigenvalue weighted by Crippen LogP contribution is -2.45. The summed E-state index contributed by atoms with van der Waals surface area (Å²) in [7, 11) is 0. The van der Waals surface area contributed by atoms with Crippen molar-refractivity contribution in [3.63, 3.8) is 0 Å². The molecule has 0 aromatic heterocycles. The van der Waals surface area contributed by atoms with Crippen molar-refractivity contribution in [1.82, 2.24) is 10.2 Å². The van der Waals surface area contributed by atoms with Gasteiger partial charge in [-0.15, -0.1) is 0 Å². The van der Waals surface area contributed by atoms with Crippen LogP contribution in [0.1, 0.15) is 58.3 Å². The number of nitriles is 1. The van der Waals surface area contributed by atoms with E-state index < -0.39 is 0 Å². The lowest BCUT2D eigenvalue weighted by Gasteiger charge is -2.36. The zero-order chi connectivity index (χ0) is 13.3. The Morgan fingerprint density at radius 3 is 2.89 bits per heavy atom. The van der Waals surface area contributed by atoms with Crippen LogP contribution in [-0.4, -0.2) is 35.6 Å². The van der Waals surface area contributed by atoms with E-state index in [1.807, 2.05) is 0 Å². The maximum absolute atomic E-state index is 9.51. The van der Waals surface area contributed by atoms with Gasteiger partial charge in [0.1, 0.15) is 5.54 Å². The van der Waals surface area contributed by atoms with E-state index >= 15 is 0 Å². The third-order valence-electron chi connectivity index (χ3n) is 5.74. The predicted molar refractivity (Wildman–Crippen MR) is 76.7 cm³/mol. The minimum Gasteiger partial charge on any atom is -0.300 e. The number of hydrogen-bond acceptors (Lipinski definition) is 3. The van der Waals surface area contributed by atoms with E-state index in [-0.39, 0.29) is 5.54 Å². The van der Waals surface area contributed by atoms with Crippen molar-refractivity contribution in [2.24, 2.45) is 5.92 Å². The van der Waals surface area contributed by atoms with Crippen LogP contribution in [0.5, 0.6) is 0 Å². The number of rotatable bonds is 3. The summed E-state index contributed by atoms with van der Waals surface area (Å²) in [5.74, 6) is 0.963. The summed E-state index contributed by atoms with van der Waals surface area (Å²) in [6.07, 6.45) is 10.4. The fourth-order valence-corrected chi connectivity index (χ4v) is 4.84. The van der Waals surface area contributed by atoms with Gasteiger partial charge in [-0.05, 0) is 57.5 Å². The van der Waals surface area contributed by atoms with Gasteiger partial charge in [-0.25, -0.2) is 0 Å². The summed E-state index contributed by atoms with van der Waals surface area (Å²) in [5, 5.41) is 13.0. The number of hydrogen-bond donors (Lipinski definition) is 1. The average molecular weight is 261 g/mol. The number of nitrogens with zero attached hydrogens (tertiary/aromatic N) is 2. The molecule has 4 unspecified atom stereocenters. The molecule has 2 aliphatic carbocycles. The summed E-state index contributed by atoms with van der Waals surface area (Å²) in [4.78, 5) is 2.78. The predicted octanol–water partition coefficient (Wildman–Crippen LogP) is 2.68. The molecule has 0 amide bonds. The quantitative estimate of drug-likeness (QED) is 0.849. The second-order valence-electron chi connectivity index (χ2n) is 6.76. The van der Waals surface area contributed by atoms with Crippen LogP contribution in [0.2, 0.25) is 0 Å². The molecule has 1 saturated heterocycles. The van der Waals surface area contributed by atoms with Gasteiger partial charge in [0.05, 0.1) is 6.07 Å². The van der Waals surface area contributed by atoms with Crippen molar-refractivity contribution >= 4 is 0 Å². The maximum atomic E-state index is 9.51. The molecule has 0 bridgehead atoms. The molecule has 0 radical (unpaired) electrons. The van der Waals surface area contributed by atoms with E-state index in [0.29, 0.717) is 6.04 Å². The van der Waals surface area contributed by atoms with Crippen molar-refractivity contribution in [3.8, 4) is 6.07 Å². The summed E-state index contributed by atoms with van der Waals surface area (Å²) in [5.41, 5.74) is -0.230. The molecule has 0 aromatic carbocycles. The molecule has 106 valence electrons. The van der Waals surface area contributed by atoms with E-state index in [4.69, 9.17) is 0 Å². The monoisotopic (exact) mass is 261 g/mol. The van der Waals surface area contributed by atoms with Gasteiger partial charge in [-0.2, -0.15) is 5.26 Å². The Balaban J connectivity index is 1.66.